The van der Waals surface area contributed by atoms with Crippen LogP contribution >= 0.6 is 11.6 Å². The molecular formula is C39H48ClNO10. The first-order chi connectivity index (χ1) is 24.1. The van der Waals surface area contributed by atoms with E-state index in [0.717, 1.165) is 5.56 Å². The van der Waals surface area contributed by atoms with Crippen molar-refractivity contribution in [3.63, 3.8) is 0 Å². The average Bonchev–Trinajstić information content (AvgIpc) is 3.86. The minimum absolute atomic E-state index is 0.00226. The van der Waals surface area contributed by atoms with Crippen LogP contribution in [0.2, 0.25) is 5.02 Å². The number of carboxylic acid groups (broad SMARTS) is 1. The Morgan fingerprint density at radius 1 is 1.04 bits per heavy atom. The van der Waals surface area contributed by atoms with Crippen molar-refractivity contribution in [1.82, 2.24) is 5.32 Å². The first-order valence-corrected chi connectivity index (χ1v) is 17.7. The molecule has 1 amide bonds. The van der Waals surface area contributed by atoms with Crippen LogP contribution in [0.5, 0.6) is 5.75 Å². The van der Waals surface area contributed by atoms with Crippen LogP contribution in [0, 0.1) is 17.3 Å². The Balaban J connectivity index is 1.59. The molecule has 0 aliphatic carbocycles. The van der Waals surface area contributed by atoms with Crippen molar-refractivity contribution in [3.8, 4) is 5.75 Å². The molecule has 0 saturated carbocycles. The van der Waals surface area contributed by atoms with Crippen molar-refractivity contribution in [2.75, 3.05) is 7.11 Å². The number of hydrogen-bond donors (Lipinski definition) is 2. The molecule has 2 aliphatic heterocycles. The van der Waals surface area contributed by atoms with Crippen molar-refractivity contribution in [2.24, 2.45) is 17.3 Å². The average molecular weight is 726 g/mol. The number of aliphatic carboxylic acids is 1. The first kappa shape index (κ1) is 39.6. The van der Waals surface area contributed by atoms with Gasteiger partial charge in [0, 0.05) is 18.8 Å². The largest absolute Gasteiger partial charge is 0.495 e. The zero-order chi connectivity index (χ0) is 37.5. The Morgan fingerprint density at radius 2 is 1.73 bits per heavy atom. The van der Waals surface area contributed by atoms with Gasteiger partial charge in [0.1, 0.15) is 18.0 Å². The number of esters is 2. The molecule has 1 saturated heterocycles. The van der Waals surface area contributed by atoms with Crippen LogP contribution < -0.4 is 10.1 Å². The molecule has 51 heavy (non-hydrogen) atoms. The fourth-order valence-corrected chi connectivity index (χ4v) is 6.35. The molecule has 2 N–H and O–H groups in total. The molecule has 2 aromatic rings. The number of ether oxygens (including phenoxy) is 4. The van der Waals surface area contributed by atoms with E-state index in [1.54, 1.807) is 50.3 Å². The van der Waals surface area contributed by atoms with E-state index in [0.29, 0.717) is 21.9 Å². The van der Waals surface area contributed by atoms with Crippen LogP contribution in [0.4, 0.5) is 0 Å². The van der Waals surface area contributed by atoms with E-state index in [1.165, 1.54) is 13.2 Å². The molecule has 2 heterocycles. The van der Waals surface area contributed by atoms with E-state index in [-0.39, 0.29) is 68.4 Å². The number of nitrogens with one attached hydrogen (secondary N) is 1. The number of cyclic esters (lactones) is 2. The summed E-state index contributed by atoms with van der Waals surface area (Å²) in [5.41, 5.74) is 1.11. The van der Waals surface area contributed by atoms with Crippen molar-refractivity contribution in [1.29, 1.82) is 0 Å². The normalized spacial score (nSPS) is 25.7. The topological polar surface area (TPSA) is 158 Å². The van der Waals surface area contributed by atoms with Crippen molar-refractivity contribution in [2.45, 2.75) is 104 Å². The third-order valence-corrected chi connectivity index (χ3v) is 9.60. The quantitative estimate of drug-likeness (QED) is 0.220. The number of rotatable bonds is 10. The molecule has 0 aromatic heterocycles. The lowest BCUT2D eigenvalue weighted by Gasteiger charge is -2.29. The monoisotopic (exact) mass is 725 g/mol. The molecule has 6 atom stereocenters. The van der Waals surface area contributed by atoms with Gasteiger partial charge in [0.15, 0.2) is 11.9 Å². The van der Waals surface area contributed by atoms with Crippen LogP contribution in [0.1, 0.15) is 83.1 Å². The maximum atomic E-state index is 13.7. The lowest BCUT2D eigenvalue weighted by molar-refractivity contribution is -0.179. The second-order valence-corrected chi connectivity index (χ2v) is 14.8. The Labute approximate surface area is 304 Å². The van der Waals surface area contributed by atoms with E-state index in [4.69, 9.17) is 35.7 Å². The van der Waals surface area contributed by atoms with Gasteiger partial charge in [-0.2, -0.15) is 0 Å². The van der Waals surface area contributed by atoms with Gasteiger partial charge in [0.05, 0.1) is 36.1 Å². The lowest BCUT2D eigenvalue weighted by atomic mass is 9.85. The van der Waals surface area contributed by atoms with Crippen molar-refractivity contribution >= 4 is 41.2 Å². The van der Waals surface area contributed by atoms with Crippen molar-refractivity contribution < 1.29 is 48.0 Å². The summed E-state index contributed by atoms with van der Waals surface area (Å²) in [5.74, 6) is -2.88. The molecule has 2 aromatic carbocycles. The number of amides is 1. The summed E-state index contributed by atoms with van der Waals surface area (Å²) in [5, 5.41) is 12.3. The van der Waals surface area contributed by atoms with Gasteiger partial charge in [-0.25, -0.2) is 4.79 Å². The molecule has 0 bridgehead atoms. The Morgan fingerprint density at radius 3 is 2.35 bits per heavy atom. The molecule has 1 fully saturated rings. The second kappa shape index (κ2) is 17.3. The Kier molecular flexibility index (Phi) is 13.4. The smallest absolute Gasteiger partial charge is 0.347 e. The fourth-order valence-electron chi connectivity index (χ4n) is 6.07. The molecule has 0 spiro atoms. The number of Topliss-reactive ketones (excluding diaryl/α,β-unsaturated/α-hetero) is 1. The number of hydrogen-bond acceptors (Lipinski definition) is 9. The highest BCUT2D eigenvalue weighted by Gasteiger charge is 2.48. The number of carbonyl (C=O) groups is 5. The minimum atomic E-state index is -1.17. The molecular weight excluding hydrogens is 678 g/mol. The molecule has 2 aliphatic rings. The maximum Gasteiger partial charge on any atom is 0.347 e. The molecule has 0 unspecified atom stereocenters. The van der Waals surface area contributed by atoms with Gasteiger partial charge in [0.2, 0.25) is 5.91 Å². The maximum absolute atomic E-state index is 13.7. The first-order valence-electron chi connectivity index (χ1n) is 17.3. The highest BCUT2D eigenvalue weighted by molar-refractivity contribution is 6.32. The predicted octanol–water partition coefficient (Wildman–Crippen LogP) is 5.98. The number of benzene rings is 2. The fraction of sp³-hybridized carbons (Fsp3) is 0.513. The Bertz CT molecular complexity index is 1620. The number of epoxide rings is 1. The molecule has 276 valence electrons. The number of carboxylic acids is 1. The summed E-state index contributed by atoms with van der Waals surface area (Å²) in [6.45, 7) is 9.02. The number of halogens is 1. The molecule has 12 heteroatoms. The van der Waals surface area contributed by atoms with Crippen LogP contribution in [-0.4, -0.2) is 66.2 Å². The summed E-state index contributed by atoms with van der Waals surface area (Å²) in [4.78, 5) is 65.1. The van der Waals surface area contributed by atoms with Gasteiger partial charge in [-0.05, 0) is 73.9 Å². The molecule has 11 nitrogen and oxygen atoms in total. The minimum Gasteiger partial charge on any atom is -0.495 e. The predicted molar refractivity (Wildman–Crippen MR) is 189 cm³/mol. The van der Waals surface area contributed by atoms with Crippen LogP contribution in [-0.2, 0) is 51.0 Å². The number of ketones is 1. The van der Waals surface area contributed by atoms with Gasteiger partial charge < -0.3 is 29.4 Å². The Hall–Kier alpha value is -4.22. The summed E-state index contributed by atoms with van der Waals surface area (Å²) in [6.07, 6.45) is 0.908. The number of methoxy groups -OCH3 is 1. The van der Waals surface area contributed by atoms with E-state index in [1.807, 2.05) is 32.9 Å². The molecule has 0 radical (unpaired) electrons. The second-order valence-electron chi connectivity index (χ2n) is 14.4. The standard InChI is InChI=1S/C39H48ClNO10/c1-22(2)18-32-37(46)49-30(23(3)35-36(51-35)26-13-10-24(11-14-26)21-34(44)45)8-7-9-33(43)41-28(20-25-12-15-31(48-6)27(40)19-25)29(42)16-17-39(4,5)38(47)50-32/h7,9-15,19,22-23,28,30,32,35-36H,8,16-18,20-21H2,1-6H3,(H,41,43)(H,44,45)/b9-7+/t23-,28+,30-,32-,35+,36+/m0/s1. The number of carbonyl (C=O) groups excluding carboxylic acids is 4. The third kappa shape index (κ3) is 11.1. The van der Waals surface area contributed by atoms with Crippen LogP contribution in [0.15, 0.2) is 54.6 Å². The van der Waals surface area contributed by atoms with Gasteiger partial charge in [-0.3, -0.25) is 19.2 Å². The zero-order valence-electron chi connectivity index (χ0n) is 30.0. The van der Waals surface area contributed by atoms with Gasteiger partial charge >= 0.3 is 17.9 Å². The van der Waals surface area contributed by atoms with Crippen molar-refractivity contribution in [3.05, 3.63) is 76.3 Å². The van der Waals surface area contributed by atoms with E-state index in [9.17, 15) is 24.0 Å². The zero-order valence-corrected chi connectivity index (χ0v) is 30.7. The van der Waals surface area contributed by atoms with Gasteiger partial charge in [-0.1, -0.05) is 68.8 Å². The van der Waals surface area contributed by atoms with Gasteiger partial charge in [-0.15, -0.1) is 0 Å². The summed E-state index contributed by atoms with van der Waals surface area (Å²) in [6, 6.07) is 11.4. The summed E-state index contributed by atoms with van der Waals surface area (Å²) in [7, 11) is 1.50. The van der Waals surface area contributed by atoms with E-state index in [2.05, 4.69) is 5.32 Å². The van der Waals surface area contributed by atoms with Crippen LogP contribution in [0.25, 0.3) is 0 Å². The molecule has 4 rings (SSSR count). The van der Waals surface area contributed by atoms with Crippen LogP contribution in [0.3, 0.4) is 0 Å². The lowest BCUT2D eigenvalue weighted by Crippen LogP contribution is -2.43. The van der Waals surface area contributed by atoms with Gasteiger partial charge in [0.25, 0.3) is 0 Å². The summed E-state index contributed by atoms with van der Waals surface area (Å²) < 4.78 is 23.1. The van der Waals surface area contributed by atoms with E-state index >= 15 is 0 Å². The summed E-state index contributed by atoms with van der Waals surface area (Å²) >= 11 is 6.34. The highest BCUT2D eigenvalue weighted by atomic mass is 35.5. The van der Waals surface area contributed by atoms with E-state index < -0.39 is 47.5 Å². The SMILES string of the molecule is COc1ccc(C[C@H]2NC(=O)/C=C/C[C@@H]([C@H](C)[C@H]3O[C@@H]3c3ccc(CC(=O)O)cc3)OC(=O)[C@H](CC(C)C)OC(=O)C(C)(C)CCC2=O)cc1Cl. The highest BCUT2D eigenvalue weighted by Crippen LogP contribution is 2.45. The third-order valence-electron chi connectivity index (χ3n) is 9.31.